The third-order valence-corrected chi connectivity index (χ3v) is 4.29. The van der Waals surface area contributed by atoms with Gasteiger partial charge in [0.15, 0.2) is 11.0 Å². The molecule has 0 saturated carbocycles. The zero-order valence-electron chi connectivity index (χ0n) is 13.5. The van der Waals surface area contributed by atoms with Gasteiger partial charge in [-0.25, -0.2) is 0 Å². The average Bonchev–Trinajstić information content (AvgIpc) is 3.10. The van der Waals surface area contributed by atoms with E-state index in [4.69, 9.17) is 0 Å². The van der Waals surface area contributed by atoms with Crippen molar-refractivity contribution in [1.82, 2.24) is 25.1 Å². The van der Waals surface area contributed by atoms with E-state index in [-0.39, 0.29) is 11.7 Å². The van der Waals surface area contributed by atoms with Crippen molar-refractivity contribution in [2.24, 2.45) is 0 Å². The van der Waals surface area contributed by atoms with Crippen molar-refractivity contribution in [2.45, 2.75) is 5.16 Å². The van der Waals surface area contributed by atoms with E-state index in [0.717, 1.165) is 11.3 Å². The molecular weight excluding hydrogens is 334 g/mol. The fourth-order valence-corrected chi connectivity index (χ4v) is 3.01. The van der Waals surface area contributed by atoms with E-state index in [9.17, 15) is 4.79 Å². The number of rotatable bonds is 7. The summed E-state index contributed by atoms with van der Waals surface area (Å²) < 4.78 is 1.95. The highest BCUT2D eigenvalue weighted by Crippen LogP contribution is 2.27. The Balaban J connectivity index is 1.92. The van der Waals surface area contributed by atoms with Crippen LogP contribution in [0.1, 0.15) is 0 Å². The molecule has 0 saturated heterocycles. The summed E-state index contributed by atoms with van der Waals surface area (Å²) in [6.07, 6.45) is 5.08. The lowest BCUT2D eigenvalue weighted by molar-refractivity contribution is -0.118. The highest BCUT2D eigenvalue weighted by atomic mass is 32.2. The van der Waals surface area contributed by atoms with Gasteiger partial charge >= 0.3 is 0 Å². The van der Waals surface area contributed by atoms with Gasteiger partial charge in [0.2, 0.25) is 5.91 Å². The maximum Gasteiger partial charge on any atom is 0.230 e. The summed E-state index contributed by atoms with van der Waals surface area (Å²) in [6.45, 7) is 4.04. The lowest BCUT2D eigenvalue weighted by atomic mass is 10.2. The van der Waals surface area contributed by atoms with Crippen molar-refractivity contribution in [3.8, 4) is 17.1 Å². The van der Waals surface area contributed by atoms with Crippen LogP contribution in [-0.2, 0) is 4.79 Å². The zero-order chi connectivity index (χ0) is 17.5. The van der Waals surface area contributed by atoms with Crippen molar-refractivity contribution in [2.75, 3.05) is 12.3 Å². The molecule has 0 atom stereocenters. The summed E-state index contributed by atoms with van der Waals surface area (Å²) in [7, 11) is 0. The van der Waals surface area contributed by atoms with Crippen molar-refractivity contribution in [3.05, 3.63) is 67.5 Å². The summed E-state index contributed by atoms with van der Waals surface area (Å²) >= 11 is 1.34. The normalized spacial score (nSPS) is 10.4. The molecule has 0 aliphatic carbocycles. The van der Waals surface area contributed by atoms with Crippen molar-refractivity contribution >= 4 is 17.7 Å². The number of benzene rings is 1. The predicted molar refractivity (Wildman–Crippen MR) is 98.5 cm³/mol. The molecule has 25 heavy (non-hydrogen) atoms. The van der Waals surface area contributed by atoms with Crippen LogP contribution in [0, 0.1) is 0 Å². The van der Waals surface area contributed by atoms with E-state index in [1.807, 2.05) is 47.0 Å². The Morgan fingerprint density at radius 1 is 1.16 bits per heavy atom. The van der Waals surface area contributed by atoms with Crippen LogP contribution in [0.4, 0.5) is 0 Å². The Morgan fingerprint density at radius 2 is 1.92 bits per heavy atom. The minimum Gasteiger partial charge on any atom is -0.352 e. The molecule has 3 rings (SSSR count). The molecule has 0 radical (unpaired) electrons. The first kappa shape index (κ1) is 16.9. The maximum absolute atomic E-state index is 11.9. The molecule has 0 fully saturated rings. The lowest BCUT2D eigenvalue weighted by Gasteiger charge is -2.10. The zero-order valence-corrected chi connectivity index (χ0v) is 14.3. The van der Waals surface area contributed by atoms with Gasteiger partial charge in [0, 0.05) is 30.2 Å². The smallest absolute Gasteiger partial charge is 0.230 e. The first-order valence-electron chi connectivity index (χ1n) is 7.71. The van der Waals surface area contributed by atoms with Crippen LogP contribution in [0.2, 0.25) is 0 Å². The molecule has 0 unspecified atom stereocenters. The van der Waals surface area contributed by atoms with Gasteiger partial charge in [0.05, 0.1) is 5.75 Å². The molecule has 6 nitrogen and oxygen atoms in total. The van der Waals surface area contributed by atoms with Gasteiger partial charge in [-0.1, -0.05) is 36.0 Å². The summed E-state index contributed by atoms with van der Waals surface area (Å²) in [4.78, 5) is 15.9. The van der Waals surface area contributed by atoms with Crippen LogP contribution in [0.15, 0.2) is 72.7 Å². The Morgan fingerprint density at radius 3 is 2.64 bits per heavy atom. The predicted octanol–water partition coefficient (Wildman–Crippen LogP) is 2.72. The molecule has 3 aromatic rings. The fourth-order valence-electron chi connectivity index (χ4n) is 2.23. The molecular formula is C18H17N5OS. The Hall–Kier alpha value is -2.93. The highest BCUT2D eigenvalue weighted by molar-refractivity contribution is 7.99. The molecule has 0 spiro atoms. The second kappa shape index (κ2) is 8.25. The molecule has 2 aromatic heterocycles. The quantitative estimate of drug-likeness (QED) is 0.523. The van der Waals surface area contributed by atoms with Gasteiger partial charge in [0.25, 0.3) is 0 Å². The lowest BCUT2D eigenvalue weighted by Crippen LogP contribution is -2.25. The summed E-state index contributed by atoms with van der Waals surface area (Å²) in [5.74, 6) is 0.898. The van der Waals surface area contributed by atoms with Crippen LogP contribution < -0.4 is 5.32 Å². The number of hydrogen-bond acceptors (Lipinski definition) is 5. The van der Waals surface area contributed by atoms with Gasteiger partial charge in [-0.05, 0) is 24.3 Å². The molecule has 1 amide bonds. The molecule has 7 heteroatoms. The molecule has 1 aromatic carbocycles. The number of thioether (sulfide) groups is 1. The SMILES string of the molecule is C=CCNC(=O)CSc1nnc(-c2ccncc2)n1-c1ccccc1. The fraction of sp³-hybridized carbons (Fsp3) is 0.111. The second-order valence-electron chi connectivity index (χ2n) is 5.09. The molecule has 0 aliphatic rings. The molecule has 0 aliphatic heterocycles. The number of para-hydroxylation sites is 1. The first-order valence-corrected chi connectivity index (χ1v) is 8.70. The Kier molecular flexibility index (Phi) is 5.58. The van der Waals surface area contributed by atoms with Crippen LogP contribution in [-0.4, -0.2) is 38.0 Å². The number of carbonyl (C=O) groups is 1. The van der Waals surface area contributed by atoms with Crippen LogP contribution >= 0.6 is 11.8 Å². The summed E-state index contributed by atoms with van der Waals surface area (Å²) in [5, 5.41) is 12.0. The van der Waals surface area contributed by atoms with Gasteiger partial charge in [-0.15, -0.1) is 16.8 Å². The number of pyridine rings is 1. The van der Waals surface area contributed by atoms with Gasteiger partial charge in [-0.2, -0.15) is 0 Å². The van der Waals surface area contributed by atoms with Crippen LogP contribution in [0.25, 0.3) is 17.1 Å². The van der Waals surface area contributed by atoms with Crippen LogP contribution in [0.3, 0.4) is 0 Å². The monoisotopic (exact) mass is 351 g/mol. The highest BCUT2D eigenvalue weighted by Gasteiger charge is 2.16. The number of nitrogens with zero attached hydrogens (tertiary/aromatic N) is 4. The number of carbonyl (C=O) groups excluding carboxylic acids is 1. The Labute approximate surface area is 150 Å². The maximum atomic E-state index is 11.9. The Bertz CT molecular complexity index is 848. The van der Waals surface area contributed by atoms with E-state index in [2.05, 4.69) is 27.1 Å². The number of nitrogens with one attached hydrogen (secondary N) is 1. The van der Waals surface area contributed by atoms with Crippen molar-refractivity contribution in [1.29, 1.82) is 0 Å². The van der Waals surface area contributed by atoms with Crippen LogP contribution in [0.5, 0.6) is 0 Å². The third kappa shape index (κ3) is 4.13. The molecule has 1 N–H and O–H groups in total. The van der Waals surface area contributed by atoms with E-state index >= 15 is 0 Å². The van der Waals surface area contributed by atoms with Gasteiger partial charge < -0.3 is 5.32 Å². The van der Waals surface area contributed by atoms with Crippen molar-refractivity contribution in [3.63, 3.8) is 0 Å². The molecule has 126 valence electrons. The summed E-state index contributed by atoms with van der Waals surface area (Å²) in [6, 6.07) is 13.6. The molecule has 0 bridgehead atoms. The van der Waals surface area contributed by atoms with E-state index < -0.39 is 0 Å². The minimum absolute atomic E-state index is 0.0713. The van der Waals surface area contributed by atoms with E-state index in [1.54, 1.807) is 18.5 Å². The topological polar surface area (TPSA) is 72.7 Å². The number of aromatic nitrogens is 4. The first-order chi connectivity index (χ1) is 12.3. The second-order valence-corrected chi connectivity index (χ2v) is 6.04. The minimum atomic E-state index is -0.0713. The number of hydrogen-bond donors (Lipinski definition) is 1. The number of amides is 1. The van der Waals surface area contributed by atoms with E-state index in [0.29, 0.717) is 17.5 Å². The average molecular weight is 351 g/mol. The third-order valence-electron chi connectivity index (χ3n) is 3.36. The summed E-state index contributed by atoms with van der Waals surface area (Å²) in [5.41, 5.74) is 1.85. The van der Waals surface area contributed by atoms with E-state index in [1.165, 1.54) is 11.8 Å². The standard InChI is InChI=1S/C18H17N5OS/c1-2-10-20-16(24)13-25-18-22-21-17(14-8-11-19-12-9-14)23(18)15-6-4-3-5-7-15/h2-9,11-12H,1,10,13H2,(H,20,24). The van der Waals surface area contributed by atoms with Gasteiger partial charge in [0.1, 0.15) is 0 Å². The van der Waals surface area contributed by atoms with Crippen molar-refractivity contribution < 1.29 is 4.79 Å². The largest absolute Gasteiger partial charge is 0.352 e. The molecule has 2 heterocycles. The van der Waals surface area contributed by atoms with Gasteiger partial charge in [-0.3, -0.25) is 14.3 Å².